The molecule has 0 aromatic heterocycles. The summed E-state index contributed by atoms with van der Waals surface area (Å²) in [6.07, 6.45) is -0.490. The van der Waals surface area contributed by atoms with E-state index in [9.17, 15) is 14.7 Å². The number of ether oxygens (including phenoxy) is 1. The van der Waals surface area contributed by atoms with Crippen molar-refractivity contribution in [3.8, 4) is 0 Å². The van der Waals surface area contributed by atoms with Gasteiger partial charge in [-0.3, -0.25) is 4.79 Å². The zero-order chi connectivity index (χ0) is 17.4. The molecule has 0 fully saturated rings. The van der Waals surface area contributed by atoms with Crippen molar-refractivity contribution in [2.45, 2.75) is 18.9 Å². The van der Waals surface area contributed by atoms with E-state index in [4.69, 9.17) is 0 Å². The Morgan fingerprint density at radius 1 is 1.12 bits per heavy atom. The summed E-state index contributed by atoms with van der Waals surface area (Å²) in [6, 6.07) is 13.6. The molecule has 2 aromatic rings. The number of hydrogen-bond acceptors (Lipinski definition) is 4. The van der Waals surface area contributed by atoms with Gasteiger partial charge in [0.2, 0.25) is 5.91 Å². The van der Waals surface area contributed by atoms with Gasteiger partial charge in [0.15, 0.2) is 0 Å². The number of benzene rings is 2. The Morgan fingerprint density at radius 3 is 2.62 bits per heavy atom. The van der Waals surface area contributed by atoms with E-state index in [1.165, 1.54) is 7.11 Å². The van der Waals surface area contributed by atoms with Crippen molar-refractivity contribution >= 4 is 22.8 Å². The molecule has 0 heterocycles. The van der Waals surface area contributed by atoms with E-state index in [1.807, 2.05) is 42.5 Å². The van der Waals surface area contributed by atoms with Crippen LogP contribution < -0.4 is 10.6 Å². The van der Waals surface area contributed by atoms with Crippen molar-refractivity contribution < 1.29 is 19.4 Å². The quantitative estimate of drug-likeness (QED) is 0.679. The maximum Gasteiger partial charge on any atom is 0.406 e. The van der Waals surface area contributed by atoms with Crippen LogP contribution in [0, 0.1) is 0 Å². The molecule has 0 aliphatic carbocycles. The van der Waals surface area contributed by atoms with Crippen LogP contribution >= 0.6 is 0 Å². The van der Waals surface area contributed by atoms with Crippen molar-refractivity contribution in [1.29, 1.82) is 0 Å². The molecule has 0 radical (unpaired) electrons. The zero-order valence-electron chi connectivity index (χ0n) is 13.6. The summed E-state index contributed by atoms with van der Waals surface area (Å²) in [6.45, 7) is 0.523. The van der Waals surface area contributed by atoms with E-state index in [0.717, 1.165) is 16.3 Å². The van der Waals surface area contributed by atoms with Crippen LogP contribution in [0.5, 0.6) is 0 Å². The molecule has 2 amide bonds. The largest absolute Gasteiger partial charge is 0.453 e. The highest BCUT2D eigenvalue weighted by Gasteiger charge is 2.10. The van der Waals surface area contributed by atoms with Crippen LogP contribution in [-0.2, 0) is 9.53 Å². The molecule has 0 spiro atoms. The van der Waals surface area contributed by atoms with Gasteiger partial charge in [-0.1, -0.05) is 36.4 Å². The van der Waals surface area contributed by atoms with Gasteiger partial charge < -0.3 is 20.5 Å². The van der Waals surface area contributed by atoms with E-state index in [1.54, 1.807) is 0 Å². The van der Waals surface area contributed by atoms with Crippen LogP contribution in [0.25, 0.3) is 10.8 Å². The Morgan fingerprint density at radius 2 is 1.88 bits per heavy atom. The Labute approximate surface area is 140 Å². The number of rotatable bonds is 7. The molecule has 0 bridgehead atoms. The average Bonchev–Trinajstić information content (AvgIpc) is 2.62. The molecule has 0 aliphatic heterocycles. The zero-order valence-corrected chi connectivity index (χ0v) is 13.6. The van der Waals surface area contributed by atoms with Crippen molar-refractivity contribution in [3.05, 3.63) is 48.0 Å². The topological polar surface area (TPSA) is 87.7 Å². The molecule has 2 rings (SSSR count). The molecule has 0 saturated heterocycles. The summed E-state index contributed by atoms with van der Waals surface area (Å²) in [4.78, 5) is 22.6. The molecular weight excluding hydrogens is 308 g/mol. The lowest BCUT2D eigenvalue weighted by molar-refractivity contribution is -0.121. The van der Waals surface area contributed by atoms with Gasteiger partial charge in [-0.25, -0.2) is 4.79 Å². The normalized spacial score (nSPS) is 11.8. The van der Waals surface area contributed by atoms with Crippen LogP contribution in [0.15, 0.2) is 42.5 Å². The van der Waals surface area contributed by atoms with Gasteiger partial charge in [-0.05, 0) is 28.8 Å². The third kappa shape index (κ3) is 5.24. The smallest absolute Gasteiger partial charge is 0.406 e. The summed E-state index contributed by atoms with van der Waals surface area (Å²) in [5, 5.41) is 17.6. The standard InChI is InChI=1S/C18H22N2O4/c1-24-18(23)19-10-4-7-17(22)20-12-16(21)15-9-8-13-5-2-3-6-14(13)11-15/h2-3,5-6,8-9,11,16,21H,4,7,10,12H2,1H3,(H,19,23)(H,20,22). The first-order valence-electron chi connectivity index (χ1n) is 7.85. The van der Waals surface area contributed by atoms with Crippen molar-refractivity contribution in [2.24, 2.45) is 0 Å². The second kappa shape index (κ2) is 8.88. The molecular formula is C18H22N2O4. The number of amides is 2. The molecule has 24 heavy (non-hydrogen) atoms. The molecule has 0 aliphatic rings. The van der Waals surface area contributed by atoms with Gasteiger partial charge in [-0.2, -0.15) is 0 Å². The highest BCUT2D eigenvalue weighted by molar-refractivity contribution is 5.83. The van der Waals surface area contributed by atoms with E-state index in [2.05, 4.69) is 15.4 Å². The second-order valence-electron chi connectivity index (χ2n) is 5.45. The minimum Gasteiger partial charge on any atom is -0.453 e. The van der Waals surface area contributed by atoms with Crippen LogP contribution in [0.2, 0.25) is 0 Å². The second-order valence-corrected chi connectivity index (χ2v) is 5.45. The molecule has 2 aromatic carbocycles. The minimum absolute atomic E-state index is 0.154. The Hall–Kier alpha value is -2.60. The molecule has 0 saturated carbocycles. The van der Waals surface area contributed by atoms with Gasteiger partial charge >= 0.3 is 6.09 Å². The summed E-state index contributed by atoms with van der Waals surface area (Å²) in [7, 11) is 1.29. The lowest BCUT2D eigenvalue weighted by Crippen LogP contribution is -2.30. The number of nitrogens with one attached hydrogen (secondary N) is 2. The Balaban J connectivity index is 1.76. The van der Waals surface area contributed by atoms with Crippen LogP contribution in [-0.4, -0.2) is 37.3 Å². The van der Waals surface area contributed by atoms with Gasteiger partial charge in [-0.15, -0.1) is 0 Å². The molecule has 1 atom stereocenters. The fourth-order valence-corrected chi connectivity index (χ4v) is 2.34. The molecule has 6 nitrogen and oxygen atoms in total. The highest BCUT2D eigenvalue weighted by atomic mass is 16.5. The Kier molecular flexibility index (Phi) is 6.57. The molecule has 6 heteroatoms. The van der Waals surface area contributed by atoms with E-state index in [-0.39, 0.29) is 18.9 Å². The highest BCUT2D eigenvalue weighted by Crippen LogP contribution is 2.20. The summed E-state index contributed by atoms with van der Waals surface area (Å²) < 4.78 is 4.43. The minimum atomic E-state index is -0.758. The van der Waals surface area contributed by atoms with Crippen LogP contribution in [0.4, 0.5) is 4.79 Å². The first-order valence-corrected chi connectivity index (χ1v) is 7.85. The summed E-state index contributed by atoms with van der Waals surface area (Å²) in [5.41, 5.74) is 0.765. The van der Waals surface area contributed by atoms with Crippen molar-refractivity contribution in [2.75, 3.05) is 20.2 Å². The van der Waals surface area contributed by atoms with Crippen LogP contribution in [0.3, 0.4) is 0 Å². The fourth-order valence-electron chi connectivity index (χ4n) is 2.34. The van der Waals surface area contributed by atoms with E-state index in [0.29, 0.717) is 13.0 Å². The van der Waals surface area contributed by atoms with Gasteiger partial charge in [0.1, 0.15) is 0 Å². The third-order valence-electron chi connectivity index (χ3n) is 3.69. The van der Waals surface area contributed by atoms with Gasteiger partial charge in [0, 0.05) is 19.5 Å². The van der Waals surface area contributed by atoms with E-state index >= 15 is 0 Å². The molecule has 1 unspecified atom stereocenters. The van der Waals surface area contributed by atoms with Gasteiger partial charge in [0.25, 0.3) is 0 Å². The van der Waals surface area contributed by atoms with Gasteiger partial charge in [0.05, 0.1) is 13.2 Å². The monoisotopic (exact) mass is 330 g/mol. The SMILES string of the molecule is COC(=O)NCCCC(=O)NCC(O)c1ccc2ccccc2c1. The summed E-state index contributed by atoms with van der Waals surface area (Å²) >= 11 is 0. The number of hydrogen-bond donors (Lipinski definition) is 3. The lowest BCUT2D eigenvalue weighted by atomic mass is 10.0. The van der Waals surface area contributed by atoms with Crippen LogP contribution in [0.1, 0.15) is 24.5 Å². The number of fused-ring (bicyclic) bond motifs is 1. The summed E-state index contributed by atoms with van der Waals surface area (Å²) in [5.74, 6) is -0.165. The number of aliphatic hydroxyl groups excluding tert-OH is 1. The predicted octanol–water partition coefficient (Wildman–Crippen LogP) is 2.13. The number of aliphatic hydroxyl groups is 1. The number of carbonyl (C=O) groups is 2. The molecule has 3 N–H and O–H groups in total. The first-order chi connectivity index (χ1) is 11.6. The lowest BCUT2D eigenvalue weighted by Gasteiger charge is -2.13. The predicted molar refractivity (Wildman–Crippen MR) is 91.6 cm³/mol. The van der Waals surface area contributed by atoms with Crippen molar-refractivity contribution in [3.63, 3.8) is 0 Å². The fraction of sp³-hybridized carbons (Fsp3) is 0.333. The average molecular weight is 330 g/mol. The molecule has 128 valence electrons. The number of carbonyl (C=O) groups excluding carboxylic acids is 2. The van der Waals surface area contributed by atoms with Crippen molar-refractivity contribution in [1.82, 2.24) is 10.6 Å². The number of methoxy groups -OCH3 is 1. The number of alkyl carbamates (subject to hydrolysis) is 1. The first kappa shape index (κ1) is 17.7. The third-order valence-corrected chi connectivity index (χ3v) is 3.69. The maximum absolute atomic E-state index is 11.7. The Bertz CT molecular complexity index is 702. The van der Waals surface area contributed by atoms with E-state index < -0.39 is 12.2 Å². The maximum atomic E-state index is 11.7.